The Morgan fingerprint density at radius 2 is 2.20 bits per heavy atom. The van der Waals surface area contributed by atoms with Crippen molar-refractivity contribution in [3.8, 4) is 0 Å². The Balaban J connectivity index is 3.30. The Morgan fingerprint density at radius 3 is 2.60 bits per heavy atom. The van der Waals surface area contributed by atoms with Crippen LogP contribution in [0.15, 0.2) is 29.3 Å². The third-order valence-corrected chi connectivity index (χ3v) is 2.84. The van der Waals surface area contributed by atoms with Gasteiger partial charge in [-0.3, -0.25) is 0 Å². The van der Waals surface area contributed by atoms with Gasteiger partial charge in [0.2, 0.25) is 0 Å². The molecule has 52 valence electrons. The summed E-state index contributed by atoms with van der Waals surface area (Å²) in [5.74, 6) is 0. The van der Waals surface area contributed by atoms with E-state index in [1.54, 1.807) is 0 Å². The molecule has 0 radical (unpaired) electrons. The fourth-order valence-corrected chi connectivity index (χ4v) is 2.32. The Bertz CT molecular complexity index is 235. The van der Waals surface area contributed by atoms with Crippen LogP contribution in [-0.4, -0.2) is 0 Å². The van der Waals surface area contributed by atoms with Crippen LogP contribution >= 0.6 is 38.5 Å². The molecule has 0 nitrogen and oxygen atoms in total. The molecule has 0 aromatic heterocycles. The van der Waals surface area contributed by atoms with E-state index in [1.807, 2.05) is 18.2 Å². The minimum absolute atomic E-state index is 1.11. The van der Waals surface area contributed by atoms with Crippen LogP contribution in [0.5, 0.6) is 0 Å². The lowest BCUT2D eigenvalue weighted by Gasteiger charge is -1.99. The number of rotatable bonds is 1. The first-order valence-electron chi connectivity index (χ1n) is 2.82. The van der Waals surface area contributed by atoms with E-state index in [0.717, 1.165) is 4.47 Å². The van der Waals surface area contributed by atoms with Crippen molar-refractivity contribution in [1.29, 1.82) is 0 Å². The van der Waals surface area contributed by atoms with Crippen molar-refractivity contribution < 1.29 is 0 Å². The lowest BCUT2D eigenvalue weighted by Crippen LogP contribution is -1.79. The Morgan fingerprint density at radius 1 is 1.50 bits per heavy atom. The van der Waals surface area contributed by atoms with Crippen LogP contribution in [-0.2, 0) is 0 Å². The molecule has 0 heterocycles. The zero-order valence-corrected chi connectivity index (χ0v) is 9.02. The molecule has 2 heteroatoms. The monoisotopic (exact) mass is 308 g/mol. The Labute approximate surface area is 82.6 Å². The van der Waals surface area contributed by atoms with E-state index in [-0.39, 0.29) is 0 Å². The van der Waals surface area contributed by atoms with Gasteiger partial charge in [-0.1, -0.05) is 34.7 Å². The molecule has 1 aromatic carbocycles. The lowest BCUT2D eigenvalue weighted by atomic mass is 10.2. The summed E-state index contributed by atoms with van der Waals surface area (Å²) in [4.78, 5) is 0. The molecule has 0 fully saturated rings. The summed E-state index contributed by atoms with van der Waals surface area (Å²) in [6, 6.07) is 6.08. The predicted molar refractivity (Wildman–Crippen MR) is 57.0 cm³/mol. The molecular formula is C8H6BrI. The number of hydrogen-bond donors (Lipinski definition) is 0. The van der Waals surface area contributed by atoms with E-state index >= 15 is 0 Å². The second-order valence-corrected chi connectivity index (χ2v) is 3.86. The first kappa shape index (κ1) is 8.27. The van der Waals surface area contributed by atoms with Gasteiger partial charge < -0.3 is 0 Å². The van der Waals surface area contributed by atoms with E-state index < -0.39 is 0 Å². The van der Waals surface area contributed by atoms with Crippen molar-refractivity contribution in [2.75, 3.05) is 0 Å². The minimum Gasteiger partial charge on any atom is -0.0984 e. The summed E-state index contributed by atoms with van der Waals surface area (Å²) in [6.07, 6.45) is 1.85. The molecule has 10 heavy (non-hydrogen) atoms. The van der Waals surface area contributed by atoms with E-state index in [4.69, 9.17) is 0 Å². The molecule has 0 spiro atoms. The normalized spacial score (nSPS) is 9.40. The third-order valence-electron chi connectivity index (χ3n) is 1.20. The lowest BCUT2D eigenvalue weighted by molar-refractivity contribution is 1.55. The van der Waals surface area contributed by atoms with Gasteiger partial charge in [0.15, 0.2) is 0 Å². The van der Waals surface area contributed by atoms with Crippen LogP contribution in [0.4, 0.5) is 0 Å². The molecule has 0 N–H and O–H groups in total. The second kappa shape index (κ2) is 3.53. The summed E-state index contributed by atoms with van der Waals surface area (Å²) in [6.45, 7) is 3.72. The summed E-state index contributed by atoms with van der Waals surface area (Å²) < 4.78 is 2.33. The SMILES string of the molecule is C=Cc1c(Br)cccc1I. The smallest absolute Gasteiger partial charge is 0.0258 e. The van der Waals surface area contributed by atoms with Gasteiger partial charge in [0, 0.05) is 13.6 Å². The first-order valence-corrected chi connectivity index (χ1v) is 4.69. The van der Waals surface area contributed by atoms with Crippen LogP contribution in [0.25, 0.3) is 6.08 Å². The Kier molecular flexibility index (Phi) is 2.92. The molecule has 0 saturated carbocycles. The van der Waals surface area contributed by atoms with Gasteiger partial charge in [0.1, 0.15) is 0 Å². The highest BCUT2D eigenvalue weighted by atomic mass is 127. The van der Waals surface area contributed by atoms with Gasteiger partial charge >= 0.3 is 0 Å². The maximum atomic E-state index is 3.72. The molecule has 0 unspecified atom stereocenters. The Hall–Kier alpha value is 0.170. The molecule has 0 aliphatic carbocycles. The van der Waals surface area contributed by atoms with Crippen LogP contribution in [0.3, 0.4) is 0 Å². The van der Waals surface area contributed by atoms with Crippen molar-refractivity contribution in [2.45, 2.75) is 0 Å². The fourth-order valence-electron chi connectivity index (χ4n) is 0.706. The highest BCUT2D eigenvalue weighted by Gasteiger charge is 1.97. The van der Waals surface area contributed by atoms with Crippen LogP contribution in [0.2, 0.25) is 0 Å². The second-order valence-electron chi connectivity index (χ2n) is 1.84. The van der Waals surface area contributed by atoms with E-state index in [0.29, 0.717) is 0 Å². The molecule has 0 atom stereocenters. The molecule has 1 aromatic rings. The van der Waals surface area contributed by atoms with Gasteiger partial charge in [-0.25, -0.2) is 0 Å². The largest absolute Gasteiger partial charge is 0.0984 e. The van der Waals surface area contributed by atoms with Crippen molar-refractivity contribution in [3.63, 3.8) is 0 Å². The molecule has 0 saturated heterocycles. The van der Waals surface area contributed by atoms with E-state index in [1.165, 1.54) is 9.13 Å². The maximum Gasteiger partial charge on any atom is 0.0258 e. The first-order chi connectivity index (χ1) is 4.75. The van der Waals surface area contributed by atoms with E-state index in [9.17, 15) is 0 Å². The molecule has 0 amide bonds. The number of hydrogen-bond acceptors (Lipinski definition) is 0. The average molecular weight is 309 g/mol. The van der Waals surface area contributed by atoms with Crippen molar-refractivity contribution >= 4 is 44.6 Å². The van der Waals surface area contributed by atoms with Gasteiger partial charge in [0.25, 0.3) is 0 Å². The minimum atomic E-state index is 1.11. The van der Waals surface area contributed by atoms with Gasteiger partial charge in [-0.2, -0.15) is 0 Å². The summed E-state index contributed by atoms with van der Waals surface area (Å²) in [7, 11) is 0. The highest BCUT2D eigenvalue weighted by Crippen LogP contribution is 2.22. The number of benzene rings is 1. The average Bonchev–Trinajstić information content (AvgIpc) is 1.88. The summed E-state index contributed by atoms with van der Waals surface area (Å²) in [5.41, 5.74) is 1.17. The van der Waals surface area contributed by atoms with Crippen LogP contribution < -0.4 is 0 Å². The van der Waals surface area contributed by atoms with Crippen molar-refractivity contribution in [1.82, 2.24) is 0 Å². The predicted octanol–water partition coefficient (Wildman–Crippen LogP) is 3.70. The van der Waals surface area contributed by atoms with Crippen LogP contribution in [0.1, 0.15) is 5.56 Å². The summed E-state index contributed by atoms with van der Waals surface area (Å²) >= 11 is 5.72. The quantitative estimate of drug-likeness (QED) is 0.694. The molecule has 0 aliphatic heterocycles. The maximum absolute atomic E-state index is 3.72. The van der Waals surface area contributed by atoms with E-state index in [2.05, 4.69) is 51.2 Å². The molecule has 1 rings (SSSR count). The zero-order chi connectivity index (χ0) is 7.56. The molecule has 0 aliphatic rings. The highest BCUT2D eigenvalue weighted by molar-refractivity contribution is 14.1. The number of halogens is 2. The van der Waals surface area contributed by atoms with Gasteiger partial charge in [0.05, 0.1) is 0 Å². The third kappa shape index (κ3) is 1.61. The van der Waals surface area contributed by atoms with Gasteiger partial charge in [-0.05, 0) is 34.7 Å². The standard InChI is InChI=1S/C8H6BrI/c1-2-6-7(9)4-3-5-8(6)10/h2-5H,1H2. The van der Waals surface area contributed by atoms with Crippen molar-refractivity contribution in [2.24, 2.45) is 0 Å². The van der Waals surface area contributed by atoms with Crippen LogP contribution in [0, 0.1) is 3.57 Å². The summed E-state index contributed by atoms with van der Waals surface area (Å²) in [5, 5.41) is 0. The molecular weight excluding hydrogens is 303 g/mol. The van der Waals surface area contributed by atoms with Gasteiger partial charge in [-0.15, -0.1) is 0 Å². The topological polar surface area (TPSA) is 0 Å². The zero-order valence-electron chi connectivity index (χ0n) is 5.27. The van der Waals surface area contributed by atoms with Crippen molar-refractivity contribution in [3.05, 3.63) is 38.4 Å². The molecule has 0 bridgehead atoms. The fraction of sp³-hybridized carbons (Fsp3) is 0.